The molecule has 1 aromatic rings. The summed E-state index contributed by atoms with van der Waals surface area (Å²) in [5, 5.41) is 19.7. The predicted octanol–water partition coefficient (Wildman–Crippen LogP) is 1.95. The molecule has 0 aliphatic carbocycles. The second-order valence-electron chi connectivity index (χ2n) is 5.15. The zero-order valence-electron chi connectivity index (χ0n) is 11.1. The van der Waals surface area contributed by atoms with Crippen molar-refractivity contribution in [3.05, 3.63) is 34.4 Å². The number of non-ortho nitro benzene ring substituents is 1. The summed E-state index contributed by atoms with van der Waals surface area (Å²) in [6.07, 6.45) is -0.971. The van der Waals surface area contributed by atoms with Gasteiger partial charge in [0.1, 0.15) is 5.75 Å². The average Bonchev–Trinajstić information content (AvgIpc) is 2.34. The molecule has 0 amide bonds. The summed E-state index contributed by atoms with van der Waals surface area (Å²) < 4.78 is 5.36. The minimum Gasteiger partial charge on any atom is -0.480 e. The number of aliphatic hydroxyl groups is 1. The number of nitrogens with zero attached hydrogens (tertiary/aromatic N) is 1. The molecule has 1 aromatic carbocycles. The molecule has 0 fully saturated rings. The van der Waals surface area contributed by atoms with Crippen LogP contribution in [0.5, 0.6) is 5.75 Å². The number of benzene rings is 1. The van der Waals surface area contributed by atoms with E-state index in [4.69, 9.17) is 4.74 Å². The molecule has 1 rings (SSSR count). The van der Waals surface area contributed by atoms with Crippen molar-refractivity contribution < 1.29 is 19.6 Å². The van der Waals surface area contributed by atoms with Gasteiger partial charge in [-0.2, -0.15) is 0 Å². The Kier molecular flexibility index (Phi) is 4.61. The summed E-state index contributed by atoms with van der Waals surface area (Å²) in [5.74, 6) is 0.0793. The molecule has 0 aromatic heterocycles. The first-order valence-corrected chi connectivity index (χ1v) is 5.82. The van der Waals surface area contributed by atoms with Gasteiger partial charge in [0.15, 0.2) is 11.9 Å². The standard InChI is InChI=1S/C13H17NO5/c1-13(2,3)12(16)11(8-15)19-10-6-4-9(5-7-10)14(17)18/h4-7,11,15H,8H2,1-3H3. The molecule has 1 atom stereocenters. The van der Waals surface area contributed by atoms with Crippen LogP contribution < -0.4 is 4.74 Å². The van der Waals surface area contributed by atoms with E-state index in [1.807, 2.05) is 0 Å². The molecular formula is C13H17NO5. The second-order valence-corrected chi connectivity index (χ2v) is 5.15. The van der Waals surface area contributed by atoms with Gasteiger partial charge in [0.25, 0.3) is 5.69 Å². The van der Waals surface area contributed by atoms with E-state index < -0.39 is 23.0 Å². The van der Waals surface area contributed by atoms with Gasteiger partial charge in [-0.05, 0) is 12.1 Å². The molecule has 0 heterocycles. The summed E-state index contributed by atoms with van der Waals surface area (Å²) in [5.41, 5.74) is -0.691. The molecule has 0 spiro atoms. The van der Waals surface area contributed by atoms with E-state index in [-0.39, 0.29) is 11.5 Å². The van der Waals surface area contributed by atoms with Gasteiger partial charge in [0.2, 0.25) is 0 Å². The average molecular weight is 267 g/mol. The van der Waals surface area contributed by atoms with Gasteiger partial charge in [-0.15, -0.1) is 0 Å². The summed E-state index contributed by atoms with van der Waals surface area (Å²) in [6, 6.07) is 5.37. The monoisotopic (exact) mass is 267 g/mol. The minimum absolute atomic E-state index is 0.0601. The van der Waals surface area contributed by atoms with Gasteiger partial charge >= 0.3 is 0 Å². The molecule has 0 aliphatic heterocycles. The maximum Gasteiger partial charge on any atom is 0.269 e. The first-order chi connectivity index (χ1) is 8.75. The number of carbonyl (C=O) groups is 1. The topological polar surface area (TPSA) is 89.7 Å². The van der Waals surface area contributed by atoms with Gasteiger partial charge in [0.05, 0.1) is 11.5 Å². The fraction of sp³-hybridized carbons (Fsp3) is 0.462. The summed E-state index contributed by atoms with van der Waals surface area (Å²) in [7, 11) is 0. The molecule has 0 bridgehead atoms. The fourth-order valence-corrected chi connectivity index (χ4v) is 1.47. The largest absolute Gasteiger partial charge is 0.480 e. The molecule has 0 saturated carbocycles. The first kappa shape index (κ1) is 15.1. The number of nitro benzene ring substituents is 1. The normalized spacial score (nSPS) is 12.8. The molecule has 0 saturated heterocycles. The Morgan fingerprint density at radius 1 is 1.37 bits per heavy atom. The van der Waals surface area contributed by atoms with E-state index in [0.717, 1.165) is 0 Å². The van der Waals surface area contributed by atoms with Crippen molar-refractivity contribution in [1.82, 2.24) is 0 Å². The van der Waals surface area contributed by atoms with E-state index in [1.54, 1.807) is 20.8 Å². The van der Waals surface area contributed by atoms with Gasteiger partial charge < -0.3 is 9.84 Å². The zero-order chi connectivity index (χ0) is 14.6. The lowest BCUT2D eigenvalue weighted by atomic mass is 9.88. The molecule has 0 aliphatic rings. The third-order valence-corrected chi connectivity index (χ3v) is 2.52. The van der Waals surface area contributed by atoms with Crippen LogP contribution in [0.15, 0.2) is 24.3 Å². The number of aliphatic hydroxyl groups excluding tert-OH is 1. The van der Waals surface area contributed by atoms with Crippen molar-refractivity contribution in [3.8, 4) is 5.75 Å². The molecule has 1 unspecified atom stereocenters. The van der Waals surface area contributed by atoms with Gasteiger partial charge in [0, 0.05) is 17.5 Å². The van der Waals surface area contributed by atoms with Crippen molar-refractivity contribution in [2.45, 2.75) is 26.9 Å². The van der Waals surface area contributed by atoms with Crippen LogP contribution in [-0.4, -0.2) is 28.5 Å². The number of rotatable bonds is 5. The summed E-state index contributed by atoms with van der Waals surface area (Å²) >= 11 is 0. The number of hydrogen-bond acceptors (Lipinski definition) is 5. The number of nitro groups is 1. The Hall–Kier alpha value is -1.95. The van der Waals surface area contributed by atoms with Crippen LogP contribution in [0.2, 0.25) is 0 Å². The van der Waals surface area contributed by atoms with Gasteiger partial charge in [-0.1, -0.05) is 20.8 Å². The third kappa shape index (κ3) is 4.03. The summed E-state index contributed by atoms with van der Waals surface area (Å²) in [4.78, 5) is 22.0. The van der Waals surface area contributed by atoms with E-state index in [9.17, 15) is 20.0 Å². The highest BCUT2D eigenvalue weighted by Crippen LogP contribution is 2.22. The molecule has 6 nitrogen and oxygen atoms in total. The van der Waals surface area contributed by atoms with Crippen molar-refractivity contribution in [3.63, 3.8) is 0 Å². The highest BCUT2D eigenvalue weighted by Gasteiger charge is 2.30. The molecule has 0 radical (unpaired) electrons. The number of carbonyl (C=O) groups excluding carboxylic acids is 1. The number of hydrogen-bond donors (Lipinski definition) is 1. The van der Waals surface area contributed by atoms with Crippen LogP contribution in [-0.2, 0) is 4.79 Å². The van der Waals surface area contributed by atoms with E-state index in [1.165, 1.54) is 24.3 Å². The van der Waals surface area contributed by atoms with Crippen LogP contribution in [0.25, 0.3) is 0 Å². The highest BCUT2D eigenvalue weighted by atomic mass is 16.6. The molecule has 1 N–H and O–H groups in total. The maximum atomic E-state index is 12.0. The van der Waals surface area contributed by atoms with E-state index in [2.05, 4.69) is 0 Å². The third-order valence-electron chi connectivity index (χ3n) is 2.52. The zero-order valence-corrected chi connectivity index (χ0v) is 11.1. The Labute approximate surface area is 111 Å². The SMILES string of the molecule is CC(C)(C)C(=O)C(CO)Oc1ccc([N+](=O)[O-])cc1. The Balaban J connectivity index is 2.82. The number of ether oxygens (including phenoxy) is 1. The lowest BCUT2D eigenvalue weighted by Gasteiger charge is -2.23. The van der Waals surface area contributed by atoms with E-state index in [0.29, 0.717) is 5.75 Å². The quantitative estimate of drug-likeness (QED) is 0.650. The Morgan fingerprint density at radius 2 is 1.89 bits per heavy atom. The lowest BCUT2D eigenvalue weighted by molar-refractivity contribution is -0.384. The predicted molar refractivity (Wildman–Crippen MR) is 69.1 cm³/mol. The van der Waals surface area contributed by atoms with E-state index >= 15 is 0 Å². The summed E-state index contributed by atoms with van der Waals surface area (Å²) in [6.45, 7) is 4.76. The molecule has 19 heavy (non-hydrogen) atoms. The van der Waals surface area contributed by atoms with Crippen LogP contribution in [0.4, 0.5) is 5.69 Å². The van der Waals surface area contributed by atoms with Gasteiger partial charge in [-0.3, -0.25) is 14.9 Å². The molecule has 6 heteroatoms. The number of Topliss-reactive ketones (excluding diaryl/α,β-unsaturated/α-hetero) is 1. The molecule has 104 valence electrons. The van der Waals surface area contributed by atoms with Crippen molar-refractivity contribution in [2.75, 3.05) is 6.61 Å². The van der Waals surface area contributed by atoms with Crippen molar-refractivity contribution >= 4 is 11.5 Å². The Bertz CT molecular complexity index is 461. The highest BCUT2D eigenvalue weighted by molar-refractivity contribution is 5.88. The van der Waals surface area contributed by atoms with Gasteiger partial charge in [-0.25, -0.2) is 0 Å². The van der Waals surface area contributed by atoms with Crippen LogP contribution in [0, 0.1) is 15.5 Å². The van der Waals surface area contributed by atoms with Crippen LogP contribution in [0.3, 0.4) is 0 Å². The number of ketones is 1. The smallest absolute Gasteiger partial charge is 0.269 e. The van der Waals surface area contributed by atoms with Crippen molar-refractivity contribution in [1.29, 1.82) is 0 Å². The fourth-order valence-electron chi connectivity index (χ4n) is 1.47. The maximum absolute atomic E-state index is 12.0. The second kappa shape index (κ2) is 5.79. The van der Waals surface area contributed by atoms with Crippen molar-refractivity contribution in [2.24, 2.45) is 5.41 Å². The lowest BCUT2D eigenvalue weighted by Crippen LogP contribution is -2.39. The Morgan fingerprint density at radius 3 is 2.26 bits per heavy atom. The minimum atomic E-state index is -0.971. The van der Waals surface area contributed by atoms with Crippen LogP contribution >= 0.6 is 0 Å². The first-order valence-electron chi connectivity index (χ1n) is 5.82. The molecular weight excluding hydrogens is 250 g/mol. The van der Waals surface area contributed by atoms with Crippen LogP contribution in [0.1, 0.15) is 20.8 Å².